The minimum atomic E-state index is 0.0690. The van der Waals surface area contributed by atoms with Gasteiger partial charge in [0.25, 0.3) is 0 Å². The lowest BCUT2D eigenvalue weighted by atomic mass is 10.1. The normalized spacial score (nSPS) is 16.8. The molecule has 21 heavy (non-hydrogen) atoms. The van der Waals surface area contributed by atoms with Crippen molar-refractivity contribution in [2.24, 2.45) is 0 Å². The van der Waals surface area contributed by atoms with Crippen LogP contribution in [0.25, 0.3) is 0 Å². The summed E-state index contributed by atoms with van der Waals surface area (Å²) in [5.41, 5.74) is 1.45. The molecule has 1 N–H and O–H groups in total. The molecule has 1 aliphatic rings. The number of nitrogens with one attached hydrogen (secondary N) is 1. The molecule has 4 nitrogen and oxygen atoms in total. The van der Waals surface area contributed by atoms with Crippen LogP contribution in [0.5, 0.6) is 0 Å². The number of hydrogen-bond acceptors (Lipinski definition) is 2. The fourth-order valence-corrected chi connectivity index (χ4v) is 2.65. The lowest BCUT2D eigenvalue weighted by Gasteiger charge is -2.42. The first-order valence-electron chi connectivity index (χ1n) is 7.78. The van der Waals surface area contributed by atoms with Crippen molar-refractivity contribution in [3.8, 4) is 0 Å². The third kappa shape index (κ3) is 4.74. The molecule has 2 rings (SSSR count). The van der Waals surface area contributed by atoms with Gasteiger partial charge in [-0.2, -0.15) is 0 Å². The Labute approximate surface area is 128 Å². The first-order chi connectivity index (χ1) is 9.97. The monoisotopic (exact) mass is 289 g/mol. The standard InChI is InChI=1S/C17H27N3O/c1-17(2,3)20-13-11-19(12-14-20)16(21)18-10-9-15-7-5-4-6-8-15/h4-8H,9-14H2,1-3H3,(H,18,21). The number of piperazine rings is 1. The summed E-state index contributed by atoms with van der Waals surface area (Å²) in [5, 5.41) is 3.02. The van der Waals surface area contributed by atoms with Crippen molar-refractivity contribution >= 4 is 6.03 Å². The van der Waals surface area contributed by atoms with Gasteiger partial charge in [-0.05, 0) is 32.8 Å². The van der Waals surface area contributed by atoms with Crippen LogP contribution < -0.4 is 5.32 Å². The number of rotatable bonds is 3. The number of benzene rings is 1. The van der Waals surface area contributed by atoms with Gasteiger partial charge in [-0.1, -0.05) is 30.3 Å². The molecular formula is C17H27N3O. The zero-order chi connectivity index (χ0) is 15.3. The molecule has 1 aliphatic heterocycles. The first-order valence-corrected chi connectivity index (χ1v) is 7.78. The van der Waals surface area contributed by atoms with E-state index in [9.17, 15) is 4.79 Å². The molecule has 4 heteroatoms. The Balaban J connectivity index is 1.70. The minimum absolute atomic E-state index is 0.0690. The van der Waals surface area contributed by atoms with Gasteiger partial charge in [-0.15, -0.1) is 0 Å². The molecule has 0 aromatic heterocycles. The summed E-state index contributed by atoms with van der Waals surface area (Å²) in [6.45, 7) is 10.9. The SMILES string of the molecule is CC(C)(C)N1CCN(C(=O)NCCc2ccccc2)CC1. The highest BCUT2D eigenvalue weighted by Crippen LogP contribution is 2.15. The Bertz CT molecular complexity index is 445. The molecule has 0 unspecified atom stereocenters. The van der Waals surface area contributed by atoms with Crippen LogP contribution in [0.3, 0.4) is 0 Å². The quantitative estimate of drug-likeness (QED) is 0.927. The van der Waals surface area contributed by atoms with Gasteiger partial charge in [0.1, 0.15) is 0 Å². The lowest BCUT2D eigenvalue weighted by Crippen LogP contribution is -2.56. The Morgan fingerprint density at radius 3 is 2.29 bits per heavy atom. The summed E-state index contributed by atoms with van der Waals surface area (Å²) < 4.78 is 0. The van der Waals surface area contributed by atoms with Gasteiger partial charge in [0, 0.05) is 38.3 Å². The van der Waals surface area contributed by atoms with E-state index in [0.29, 0.717) is 6.54 Å². The molecule has 1 heterocycles. The zero-order valence-corrected chi connectivity index (χ0v) is 13.4. The number of nitrogens with zero attached hydrogens (tertiary/aromatic N) is 2. The maximum atomic E-state index is 12.1. The highest BCUT2D eigenvalue weighted by molar-refractivity contribution is 5.74. The summed E-state index contributed by atoms with van der Waals surface area (Å²) in [6.07, 6.45) is 0.883. The minimum Gasteiger partial charge on any atom is -0.338 e. The maximum absolute atomic E-state index is 12.1. The van der Waals surface area contributed by atoms with Crippen molar-refractivity contribution in [2.45, 2.75) is 32.7 Å². The van der Waals surface area contributed by atoms with Crippen molar-refractivity contribution in [1.29, 1.82) is 0 Å². The van der Waals surface area contributed by atoms with E-state index in [2.05, 4.69) is 43.1 Å². The van der Waals surface area contributed by atoms with Gasteiger partial charge < -0.3 is 10.2 Å². The van der Waals surface area contributed by atoms with E-state index in [-0.39, 0.29) is 11.6 Å². The summed E-state index contributed by atoms with van der Waals surface area (Å²) in [4.78, 5) is 16.5. The third-order valence-electron chi connectivity index (χ3n) is 4.05. The van der Waals surface area contributed by atoms with Crippen LogP contribution >= 0.6 is 0 Å². The second kappa shape index (κ2) is 6.94. The molecule has 116 valence electrons. The molecule has 1 fully saturated rings. The van der Waals surface area contributed by atoms with E-state index in [4.69, 9.17) is 0 Å². The maximum Gasteiger partial charge on any atom is 0.317 e. The topological polar surface area (TPSA) is 35.6 Å². The molecule has 0 atom stereocenters. The van der Waals surface area contributed by atoms with Crippen LogP contribution in [-0.2, 0) is 6.42 Å². The zero-order valence-electron chi connectivity index (χ0n) is 13.4. The van der Waals surface area contributed by atoms with Crippen molar-refractivity contribution in [3.63, 3.8) is 0 Å². The molecule has 1 saturated heterocycles. The number of carbonyl (C=O) groups is 1. The lowest BCUT2D eigenvalue weighted by molar-refractivity contribution is 0.0744. The highest BCUT2D eigenvalue weighted by Gasteiger charge is 2.27. The average molecular weight is 289 g/mol. The predicted octanol–water partition coefficient (Wildman–Crippen LogP) is 2.35. The fourth-order valence-electron chi connectivity index (χ4n) is 2.65. The smallest absolute Gasteiger partial charge is 0.317 e. The number of amides is 2. The van der Waals surface area contributed by atoms with E-state index in [1.807, 2.05) is 23.1 Å². The Morgan fingerprint density at radius 2 is 1.71 bits per heavy atom. The molecule has 0 aliphatic carbocycles. The fraction of sp³-hybridized carbons (Fsp3) is 0.588. The van der Waals surface area contributed by atoms with Crippen molar-refractivity contribution in [1.82, 2.24) is 15.1 Å². The van der Waals surface area contributed by atoms with Crippen molar-refractivity contribution in [2.75, 3.05) is 32.7 Å². The van der Waals surface area contributed by atoms with Gasteiger partial charge in [-0.3, -0.25) is 4.90 Å². The summed E-state index contributed by atoms with van der Waals surface area (Å²) in [5.74, 6) is 0. The molecule has 0 radical (unpaired) electrons. The summed E-state index contributed by atoms with van der Waals surface area (Å²) in [6, 6.07) is 10.3. The van der Waals surface area contributed by atoms with E-state index in [0.717, 1.165) is 32.6 Å². The number of carbonyl (C=O) groups excluding carboxylic acids is 1. The molecule has 1 aromatic carbocycles. The van der Waals surface area contributed by atoms with E-state index in [1.165, 1.54) is 5.56 Å². The van der Waals surface area contributed by atoms with Gasteiger partial charge in [0.15, 0.2) is 0 Å². The van der Waals surface area contributed by atoms with Gasteiger partial charge in [-0.25, -0.2) is 4.79 Å². The van der Waals surface area contributed by atoms with Crippen molar-refractivity contribution in [3.05, 3.63) is 35.9 Å². The van der Waals surface area contributed by atoms with Crippen LogP contribution in [0.2, 0.25) is 0 Å². The van der Waals surface area contributed by atoms with Gasteiger partial charge in [0.05, 0.1) is 0 Å². The van der Waals surface area contributed by atoms with E-state index in [1.54, 1.807) is 0 Å². The molecular weight excluding hydrogens is 262 g/mol. The molecule has 0 spiro atoms. The summed E-state index contributed by atoms with van der Waals surface area (Å²) >= 11 is 0. The molecule has 0 bridgehead atoms. The Morgan fingerprint density at radius 1 is 1.10 bits per heavy atom. The number of urea groups is 1. The first kappa shape index (κ1) is 15.8. The summed E-state index contributed by atoms with van der Waals surface area (Å²) in [7, 11) is 0. The van der Waals surface area contributed by atoms with E-state index < -0.39 is 0 Å². The van der Waals surface area contributed by atoms with Gasteiger partial charge in [0.2, 0.25) is 0 Å². The number of hydrogen-bond donors (Lipinski definition) is 1. The highest BCUT2D eigenvalue weighted by atomic mass is 16.2. The second-order valence-electron chi connectivity index (χ2n) is 6.61. The second-order valence-corrected chi connectivity index (χ2v) is 6.61. The Hall–Kier alpha value is -1.55. The van der Waals surface area contributed by atoms with Crippen LogP contribution in [0, 0.1) is 0 Å². The predicted molar refractivity (Wildman–Crippen MR) is 86.4 cm³/mol. The van der Waals surface area contributed by atoms with Crippen LogP contribution in [0.15, 0.2) is 30.3 Å². The average Bonchev–Trinajstić information content (AvgIpc) is 2.47. The van der Waals surface area contributed by atoms with E-state index >= 15 is 0 Å². The van der Waals surface area contributed by atoms with Crippen LogP contribution in [-0.4, -0.2) is 54.1 Å². The third-order valence-corrected chi connectivity index (χ3v) is 4.05. The Kier molecular flexibility index (Phi) is 5.23. The van der Waals surface area contributed by atoms with Crippen LogP contribution in [0.1, 0.15) is 26.3 Å². The molecule has 0 saturated carbocycles. The molecule has 1 aromatic rings. The molecule has 2 amide bonds. The largest absolute Gasteiger partial charge is 0.338 e. The van der Waals surface area contributed by atoms with Crippen LogP contribution in [0.4, 0.5) is 4.79 Å². The van der Waals surface area contributed by atoms with Gasteiger partial charge >= 0.3 is 6.03 Å². The van der Waals surface area contributed by atoms with Crippen molar-refractivity contribution < 1.29 is 4.79 Å².